The Morgan fingerprint density at radius 1 is 1.54 bits per heavy atom. The molecule has 66 valence electrons. The summed E-state index contributed by atoms with van der Waals surface area (Å²) in [5, 5.41) is 9.25. The molecular weight excluding hydrogens is 189 g/mol. The zero-order chi connectivity index (χ0) is 9.68. The van der Waals surface area contributed by atoms with Gasteiger partial charge in [0.05, 0.1) is 18.0 Å². The van der Waals surface area contributed by atoms with Gasteiger partial charge >= 0.3 is 0 Å². The molecule has 0 saturated carbocycles. The Balaban J connectivity index is 3.03. The van der Waals surface area contributed by atoms with Gasteiger partial charge in [0.25, 0.3) is 0 Å². The molecule has 1 rings (SSSR count). The SMILES string of the molecule is N#Cc1ccc(Cl)cc1CC=CF. The van der Waals surface area contributed by atoms with Crippen LogP contribution in [0.4, 0.5) is 4.39 Å². The van der Waals surface area contributed by atoms with E-state index in [0.29, 0.717) is 23.3 Å². The Morgan fingerprint density at radius 2 is 2.31 bits per heavy atom. The molecule has 3 heteroatoms. The molecule has 0 radical (unpaired) electrons. The molecule has 0 aliphatic heterocycles. The van der Waals surface area contributed by atoms with Crippen LogP contribution >= 0.6 is 11.6 Å². The van der Waals surface area contributed by atoms with Gasteiger partial charge in [-0.05, 0) is 30.2 Å². The highest BCUT2D eigenvalue weighted by atomic mass is 35.5. The minimum Gasteiger partial charge on any atom is -0.216 e. The number of hydrogen-bond donors (Lipinski definition) is 0. The van der Waals surface area contributed by atoms with E-state index in [4.69, 9.17) is 16.9 Å². The van der Waals surface area contributed by atoms with E-state index in [1.165, 1.54) is 6.08 Å². The largest absolute Gasteiger partial charge is 0.216 e. The van der Waals surface area contributed by atoms with Gasteiger partial charge < -0.3 is 0 Å². The molecule has 0 heterocycles. The van der Waals surface area contributed by atoms with E-state index in [2.05, 4.69) is 0 Å². The molecule has 0 unspecified atom stereocenters. The van der Waals surface area contributed by atoms with Crippen LogP contribution in [-0.4, -0.2) is 0 Å². The zero-order valence-corrected chi connectivity index (χ0v) is 7.55. The first-order valence-electron chi connectivity index (χ1n) is 3.71. The van der Waals surface area contributed by atoms with Gasteiger partial charge in [0.15, 0.2) is 0 Å². The second-order valence-electron chi connectivity index (χ2n) is 2.48. The number of hydrogen-bond acceptors (Lipinski definition) is 1. The van der Waals surface area contributed by atoms with Gasteiger partial charge in [0.1, 0.15) is 0 Å². The van der Waals surface area contributed by atoms with Crippen molar-refractivity contribution in [3.63, 3.8) is 0 Å². The van der Waals surface area contributed by atoms with Crippen molar-refractivity contribution in [3.05, 3.63) is 46.8 Å². The maximum absolute atomic E-state index is 11.7. The van der Waals surface area contributed by atoms with Crippen LogP contribution in [0.5, 0.6) is 0 Å². The van der Waals surface area contributed by atoms with Crippen LogP contribution < -0.4 is 0 Å². The normalized spacial score (nSPS) is 10.2. The number of benzene rings is 1. The van der Waals surface area contributed by atoms with Gasteiger partial charge in [-0.3, -0.25) is 0 Å². The standard InChI is InChI=1S/C10H7ClFN/c11-10-4-3-9(7-13)8(6-10)2-1-5-12/h1,3-6H,2H2. The van der Waals surface area contributed by atoms with Crippen LogP contribution in [0.1, 0.15) is 11.1 Å². The summed E-state index contributed by atoms with van der Waals surface area (Å²) in [6.45, 7) is 0. The summed E-state index contributed by atoms with van der Waals surface area (Å²) in [6.07, 6.45) is 2.19. The summed E-state index contributed by atoms with van der Waals surface area (Å²) in [6, 6.07) is 6.95. The molecule has 0 atom stereocenters. The third-order valence-electron chi connectivity index (χ3n) is 1.61. The lowest BCUT2D eigenvalue weighted by atomic mass is 10.1. The summed E-state index contributed by atoms with van der Waals surface area (Å²) in [7, 11) is 0. The van der Waals surface area contributed by atoms with E-state index in [9.17, 15) is 4.39 Å². The van der Waals surface area contributed by atoms with Crippen molar-refractivity contribution < 1.29 is 4.39 Å². The van der Waals surface area contributed by atoms with E-state index in [1.807, 2.05) is 6.07 Å². The van der Waals surface area contributed by atoms with Crippen molar-refractivity contribution in [1.82, 2.24) is 0 Å². The van der Waals surface area contributed by atoms with Crippen LogP contribution in [-0.2, 0) is 6.42 Å². The second kappa shape index (κ2) is 4.64. The van der Waals surface area contributed by atoms with Crippen molar-refractivity contribution in [2.45, 2.75) is 6.42 Å². The molecule has 0 spiro atoms. The van der Waals surface area contributed by atoms with E-state index in [0.717, 1.165) is 5.56 Å². The van der Waals surface area contributed by atoms with Gasteiger partial charge in [0, 0.05) is 5.02 Å². The first-order valence-corrected chi connectivity index (χ1v) is 4.09. The van der Waals surface area contributed by atoms with Crippen LogP contribution in [0.2, 0.25) is 5.02 Å². The monoisotopic (exact) mass is 195 g/mol. The molecule has 0 bridgehead atoms. The smallest absolute Gasteiger partial charge is 0.0994 e. The fourth-order valence-electron chi connectivity index (χ4n) is 1.01. The maximum atomic E-state index is 11.7. The molecule has 0 amide bonds. The first-order chi connectivity index (χ1) is 6.27. The molecule has 13 heavy (non-hydrogen) atoms. The highest BCUT2D eigenvalue weighted by Crippen LogP contribution is 2.16. The van der Waals surface area contributed by atoms with E-state index in [-0.39, 0.29) is 0 Å². The Kier molecular flexibility index (Phi) is 3.48. The van der Waals surface area contributed by atoms with Gasteiger partial charge in [-0.25, -0.2) is 4.39 Å². The molecule has 0 aromatic heterocycles. The molecule has 0 N–H and O–H groups in total. The van der Waals surface area contributed by atoms with Crippen LogP contribution in [0, 0.1) is 11.3 Å². The molecule has 1 aromatic rings. The molecule has 0 aliphatic rings. The number of halogens is 2. The fourth-order valence-corrected chi connectivity index (χ4v) is 1.21. The minimum atomic E-state index is 0.389. The van der Waals surface area contributed by atoms with E-state index >= 15 is 0 Å². The van der Waals surface area contributed by atoms with Gasteiger partial charge in [-0.15, -0.1) is 0 Å². The number of nitrogens with zero attached hydrogens (tertiary/aromatic N) is 1. The highest BCUT2D eigenvalue weighted by molar-refractivity contribution is 6.30. The maximum Gasteiger partial charge on any atom is 0.0994 e. The van der Waals surface area contributed by atoms with Crippen molar-refractivity contribution >= 4 is 11.6 Å². The topological polar surface area (TPSA) is 23.8 Å². The van der Waals surface area contributed by atoms with Crippen LogP contribution in [0.25, 0.3) is 0 Å². The summed E-state index contributed by atoms with van der Waals surface area (Å²) < 4.78 is 11.7. The average Bonchev–Trinajstić information content (AvgIpc) is 2.15. The number of nitriles is 1. The quantitative estimate of drug-likeness (QED) is 0.711. The first kappa shape index (κ1) is 9.76. The Labute approximate surface area is 81.1 Å². The van der Waals surface area contributed by atoms with Crippen LogP contribution in [0.3, 0.4) is 0 Å². The lowest BCUT2D eigenvalue weighted by molar-refractivity contribution is 0.716. The predicted octanol–water partition coefficient (Wildman–Crippen LogP) is 3.24. The summed E-state index contributed by atoms with van der Waals surface area (Å²) in [5.74, 6) is 0. The third-order valence-corrected chi connectivity index (χ3v) is 1.85. The van der Waals surface area contributed by atoms with Gasteiger partial charge in [-0.1, -0.05) is 17.7 Å². The Morgan fingerprint density at radius 3 is 2.92 bits per heavy atom. The number of allylic oxidation sites excluding steroid dienone is 1. The number of rotatable bonds is 2. The van der Waals surface area contributed by atoms with Gasteiger partial charge in [-0.2, -0.15) is 5.26 Å². The predicted molar refractivity (Wildman–Crippen MR) is 50.1 cm³/mol. The van der Waals surface area contributed by atoms with E-state index < -0.39 is 0 Å². The van der Waals surface area contributed by atoms with E-state index in [1.54, 1.807) is 18.2 Å². The highest BCUT2D eigenvalue weighted by Gasteiger charge is 2.00. The molecule has 0 saturated heterocycles. The molecule has 1 aromatic carbocycles. The molecule has 0 aliphatic carbocycles. The molecule has 0 fully saturated rings. The lowest BCUT2D eigenvalue weighted by Gasteiger charge is -1.99. The Hall–Kier alpha value is -1.33. The van der Waals surface area contributed by atoms with Crippen molar-refractivity contribution in [2.75, 3.05) is 0 Å². The van der Waals surface area contributed by atoms with Crippen molar-refractivity contribution in [1.29, 1.82) is 5.26 Å². The molecular formula is C10H7ClFN. The summed E-state index contributed by atoms with van der Waals surface area (Å²) in [4.78, 5) is 0. The Bertz CT molecular complexity index is 366. The lowest BCUT2D eigenvalue weighted by Crippen LogP contribution is -1.87. The van der Waals surface area contributed by atoms with Crippen molar-refractivity contribution in [2.24, 2.45) is 0 Å². The average molecular weight is 196 g/mol. The van der Waals surface area contributed by atoms with Crippen LogP contribution in [0.15, 0.2) is 30.6 Å². The minimum absolute atomic E-state index is 0.389. The summed E-state index contributed by atoms with van der Waals surface area (Å²) in [5.41, 5.74) is 1.27. The van der Waals surface area contributed by atoms with Crippen molar-refractivity contribution in [3.8, 4) is 6.07 Å². The second-order valence-corrected chi connectivity index (χ2v) is 2.92. The summed E-state index contributed by atoms with van der Waals surface area (Å²) >= 11 is 5.73. The fraction of sp³-hybridized carbons (Fsp3) is 0.100. The molecule has 1 nitrogen and oxygen atoms in total. The zero-order valence-electron chi connectivity index (χ0n) is 6.80. The van der Waals surface area contributed by atoms with Gasteiger partial charge in [0.2, 0.25) is 0 Å². The third kappa shape index (κ3) is 2.57.